The highest BCUT2D eigenvalue weighted by atomic mass is 19.1. The summed E-state index contributed by atoms with van der Waals surface area (Å²) in [5.74, 6) is -0.0640. The van der Waals surface area contributed by atoms with Crippen LogP contribution in [0.25, 0.3) is 0 Å². The van der Waals surface area contributed by atoms with Crippen molar-refractivity contribution in [2.45, 2.75) is 50.6 Å². The molecule has 1 unspecified atom stereocenters. The van der Waals surface area contributed by atoms with Crippen molar-refractivity contribution in [3.05, 3.63) is 35.6 Å². The van der Waals surface area contributed by atoms with Gasteiger partial charge in [0.15, 0.2) is 0 Å². The third-order valence-electron chi connectivity index (χ3n) is 5.09. The molecule has 2 aliphatic rings. The van der Waals surface area contributed by atoms with Crippen molar-refractivity contribution in [2.75, 3.05) is 19.6 Å². The van der Waals surface area contributed by atoms with Crippen LogP contribution >= 0.6 is 0 Å². The Bertz CT molecular complexity index is 454. The van der Waals surface area contributed by atoms with Crippen LogP contribution in [-0.2, 0) is 6.42 Å². The Morgan fingerprint density at radius 2 is 2.05 bits per heavy atom. The van der Waals surface area contributed by atoms with Gasteiger partial charge in [0.05, 0.1) is 0 Å². The van der Waals surface area contributed by atoms with Crippen LogP contribution < -0.4 is 5.32 Å². The second kappa shape index (κ2) is 5.82. The molecule has 3 heteroatoms. The summed E-state index contributed by atoms with van der Waals surface area (Å²) in [6.45, 7) is 5.43. The van der Waals surface area contributed by atoms with Gasteiger partial charge in [0.25, 0.3) is 0 Å². The van der Waals surface area contributed by atoms with Crippen LogP contribution in [0.2, 0.25) is 0 Å². The van der Waals surface area contributed by atoms with E-state index >= 15 is 0 Å². The van der Waals surface area contributed by atoms with Crippen molar-refractivity contribution in [3.8, 4) is 0 Å². The molecule has 1 aromatic carbocycles. The van der Waals surface area contributed by atoms with E-state index in [1.807, 2.05) is 12.1 Å². The number of benzene rings is 1. The SMILES string of the molecule is CC1CNC2(CCCC2)CN1CCc1ccccc1F. The first-order chi connectivity index (χ1) is 9.69. The van der Waals surface area contributed by atoms with Crippen molar-refractivity contribution in [1.29, 1.82) is 0 Å². The van der Waals surface area contributed by atoms with Gasteiger partial charge in [-0.3, -0.25) is 4.90 Å². The molecule has 20 heavy (non-hydrogen) atoms. The van der Waals surface area contributed by atoms with E-state index in [9.17, 15) is 4.39 Å². The number of hydrogen-bond acceptors (Lipinski definition) is 2. The molecular formula is C17H25FN2. The first kappa shape index (κ1) is 14.0. The fourth-order valence-corrected chi connectivity index (χ4v) is 3.75. The van der Waals surface area contributed by atoms with E-state index in [4.69, 9.17) is 0 Å². The van der Waals surface area contributed by atoms with Gasteiger partial charge >= 0.3 is 0 Å². The smallest absolute Gasteiger partial charge is 0.126 e. The molecule has 1 aliphatic heterocycles. The normalized spacial score (nSPS) is 26.2. The van der Waals surface area contributed by atoms with Crippen molar-refractivity contribution in [2.24, 2.45) is 0 Å². The van der Waals surface area contributed by atoms with Crippen molar-refractivity contribution in [3.63, 3.8) is 0 Å². The summed E-state index contributed by atoms with van der Waals surface area (Å²) < 4.78 is 13.7. The summed E-state index contributed by atoms with van der Waals surface area (Å²) in [5, 5.41) is 3.77. The Morgan fingerprint density at radius 1 is 1.30 bits per heavy atom. The topological polar surface area (TPSA) is 15.3 Å². The molecule has 1 aromatic rings. The third kappa shape index (κ3) is 2.89. The van der Waals surface area contributed by atoms with Crippen LogP contribution in [0, 0.1) is 5.82 Å². The number of nitrogens with zero attached hydrogens (tertiary/aromatic N) is 1. The summed E-state index contributed by atoms with van der Waals surface area (Å²) in [5.41, 5.74) is 1.19. The van der Waals surface area contributed by atoms with Crippen LogP contribution in [0.4, 0.5) is 4.39 Å². The lowest BCUT2D eigenvalue weighted by molar-refractivity contribution is 0.0901. The molecule has 2 fully saturated rings. The molecule has 1 atom stereocenters. The van der Waals surface area contributed by atoms with Gasteiger partial charge in [0.1, 0.15) is 5.82 Å². The summed E-state index contributed by atoms with van der Waals surface area (Å²) in [6.07, 6.45) is 6.12. The molecule has 0 aromatic heterocycles. The molecular weight excluding hydrogens is 251 g/mol. The van der Waals surface area contributed by atoms with Gasteiger partial charge < -0.3 is 5.32 Å². The summed E-state index contributed by atoms with van der Waals surface area (Å²) in [7, 11) is 0. The van der Waals surface area contributed by atoms with Gasteiger partial charge in [-0.25, -0.2) is 4.39 Å². The largest absolute Gasteiger partial charge is 0.308 e. The van der Waals surface area contributed by atoms with Crippen LogP contribution in [0.1, 0.15) is 38.2 Å². The lowest BCUT2D eigenvalue weighted by Gasteiger charge is -2.45. The second-order valence-corrected chi connectivity index (χ2v) is 6.53. The molecule has 1 saturated carbocycles. The van der Waals surface area contributed by atoms with Crippen molar-refractivity contribution >= 4 is 0 Å². The monoisotopic (exact) mass is 276 g/mol. The van der Waals surface area contributed by atoms with Gasteiger partial charge in [0, 0.05) is 31.2 Å². The van der Waals surface area contributed by atoms with Crippen molar-refractivity contribution < 1.29 is 4.39 Å². The summed E-state index contributed by atoms with van der Waals surface area (Å²) >= 11 is 0. The van der Waals surface area contributed by atoms with Gasteiger partial charge in [-0.15, -0.1) is 0 Å². The lowest BCUT2D eigenvalue weighted by Crippen LogP contribution is -2.62. The van der Waals surface area contributed by atoms with E-state index < -0.39 is 0 Å². The molecule has 1 aliphatic carbocycles. The highest BCUT2D eigenvalue weighted by molar-refractivity contribution is 5.17. The highest BCUT2D eigenvalue weighted by Crippen LogP contribution is 2.33. The lowest BCUT2D eigenvalue weighted by atomic mass is 9.92. The average molecular weight is 276 g/mol. The van der Waals surface area contributed by atoms with E-state index in [1.54, 1.807) is 12.1 Å². The maximum Gasteiger partial charge on any atom is 0.126 e. The van der Waals surface area contributed by atoms with Crippen LogP contribution in [0.5, 0.6) is 0 Å². The molecule has 1 saturated heterocycles. The standard InChI is InChI=1S/C17H25FN2/c1-14-12-19-17(9-4-5-10-17)13-20(14)11-8-15-6-2-3-7-16(15)18/h2-3,6-7,14,19H,4-5,8-13H2,1H3. The zero-order valence-electron chi connectivity index (χ0n) is 12.4. The minimum Gasteiger partial charge on any atom is -0.308 e. The predicted octanol–water partition coefficient (Wildman–Crippen LogP) is 2.97. The fourth-order valence-electron chi connectivity index (χ4n) is 3.75. The number of halogens is 1. The van der Waals surface area contributed by atoms with Gasteiger partial charge in [-0.1, -0.05) is 31.0 Å². The van der Waals surface area contributed by atoms with E-state index in [-0.39, 0.29) is 5.82 Å². The summed E-state index contributed by atoms with van der Waals surface area (Å²) in [6, 6.07) is 7.72. The van der Waals surface area contributed by atoms with Crippen LogP contribution in [-0.4, -0.2) is 36.1 Å². The molecule has 0 radical (unpaired) electrons. The Labute approximate surface area is 121 Å². The minimum absolute atomic E-state index is 0.0640. The minimum atomic E-state index is -0.0640. The molecule has 3 rings (SSSR count). The zero-order valence-corrected chi connectivity index (χ0v) is 12.4. The number of piperazine rings is 1. The van der Waals surface area contributed by atoms with Crippen LogP contribution in [0.3, 0.4) is 0 Å². The maximum absolute atomic E-state index is 13.7. The Hall–Kier alpha value is -0.930. The van der Waals surface area contributed by atoms with E-state index in [0.29, 0.717) is 11.6 Å². The van der Waals surface area contributed by atoms with Gasteiger partial charge in [0.2, 0.25) is 0 Å². The maximum atomic E-state index is 13.7. The quantitative estimate of drug-likeness (QED) is 0.913. The van der Waals surface area contributed by atoms with E-state index in [2.05, 4.69) is 17.1 Å². The first-order valence-corrected chi connectivity index (χ1v) is 7.91. The van der Waals surface area contributed by atoms with Crippen LogP contribution in [0.15, 0.2) is 24.3 Å². The van der Waals surface area contributed by atoms with E-state index in [0.717, 1.165) is 31.6 Å². The molecule has 1 heterocycles. The average Bonchev–Trinajstić information content (AvgIpc) is 2.90. The number of nitrogens with one attached hydrogen (secondary N) is 1. The Morgan fingerprint density at radius 3 is 2.80 bits per heavy atom. The third-order valence-corrected chi connectivity index (χ3v) is 5.09. The highest BCUT2D eigenvalue weighted by Gasteiger charge is 2.39. The summed E-state index contributed by atoms with van der Waals surface area (Å²) in [4.78, 5) is 2.55. The fraction of sp³-hybridized carbons (Fsp3) is 0.647. The molecule has 0 amide bonds. The molecule has 1 spiro atoms. The van der Waals surface area contributed by atoms with Gasteiger partial charge in [-0.2, -0.15) is 0 Å². The first-order valence-electron chi connectivity index (χ1n) is 7.91. The molecule has 0 bridgehead atoms. The Kier molecular flexibility index (Phi) is 4.08. The molecule has 2 nitrogen and oxygen atoms in total. The second-order valence-electron chi connectivity index (χ2n) is 6.53. The predicted molar refractivity (Wildman–Crippen MR) is 80.3 cm³/mol. The Balaban J connectivity index is 1.62. The number of hydrogen-bond donors (Lipinski definition) is 1. The van der Waals surface area contributed by atoms with Crippen molar-refractivity contribution in [1.82, 2.24) is 10.2 Å². The van der Waals surface area contributed by atoms with E-state index in [1.165, 1.54) is 25.7 Å². The van der Waals surface area contributed by atoms with Gasteiger partial charge in [-0.05, 0) is 37.8 Å². The zero-order chi connectivity index (χ0) is 14.0. The molecule has 110 valence electrons. The number of rotatable bonds is 3. The molecule has 1 N–H and O–H groups in total.